The van der Waals surface area contributed by atoms with E-state index in [0.717, 1.165) is 0 Å². The lowest BCUT2D eigenvalue weighted by molar-refractivity contribution is -0.0335. The summed E-state index contributed by atoms with van der Waals surface area (Å²) in [5.41, 5.74) is 6.28. The van der Waals surface area contributed by atoms with E-state index in [-0.39, 0.29) is 4.90 Å². The van der Waals surface area contributed by atoms with Crippen molar-refractivity contribution in [2.24, 2.45) is 0 Å². The highest BCUT2D eigenvalue weighted by Gasteiger charge is 2.18. The van der Waals surface area contributed by atoms with Gasteiger partial charge in [-0.15, -0.1) is 0 Å². The first-order valence-corrected chi connectivity index (χ1v) is 7.03. The average Bonchev–Trinajstić information content (AvgIpc) is 2.36. The fourth-order valence-corrected chi connectivity index (χ4v) is 3.05. The van der Waals surface area contributed by atoms with Crippen LogP contribution in [0, 0.1) is 0 Å². The zero-order chi connectivity index (χ0) is 14.0. The lowest BCUT2D eigenvalue weighted by atomic mass is 10.1. The zero-order valence-electron chi connectivity index (χ0n) is 9.95. The Hall–Kier alpha value is -1.67. The van der Waals surface area contributed by atoms with Crippen molar-refractivity contribution in [3.8, 4) is 0 Å². The number of hydrogen-bond acceptors (Lipinski definition) is 5. The first kappa shape index (κ1) is 13.8. The molecule has 0 aromatic heterocycles. The Morgan fingerprint density at radius 1 is 1.11 bits per heavy atom. The molecular formula is C12H14N2O4S. The van der Waals surface area contributed by atoms with Gasteiger partial charge in [0, 0.05) is 16.5 Å². The van der Waals surface area contributed by atoms with Crippen LogP contribution >= 0.6 is 0 Å². The van der Waals surface area contributed by atoms with E-state index in [0.29, 0.717) is 16.5 Å². The van der Waals surface area contributed by atoms with Crippen LogP contribution in [0.4, 0.5) is 5.69 Å². The normalized spacial score (nSPS) is 12.2. The second-order valence-electron chi connectivity index (χ2n) is 4.03. The summed E-state index contributed by atoms with van der Waals surface area (Å²) in [6.45, 7) is -0.471. The maximum Gasteiger partial charge on any atom is 0.241 e. The molecule has 2 aromatic carbocycles. The quantitative estimate of drug-likeness (QED) is 0.466. The number of aliphatic hydroxyl groups excluding tert-OH is 1. The third-order valence-corrected chi connectivity index (χ3v) is 4.14. The summed E-state index contributed by atoms with van der Waals surface area (Å²) >= 11 is 0. The largest absolute Gasteiger partial charge is 0.398 e. The van der Waals surface area contributed by atoms with Crippen LogP contribution in [0.1, 0.15) is 0 Å². The van der Waals surface area contributed by atoms with Gasteiger partial charge in [0.1, 0.15) is 0 Å². The van der Waals surface area contributed by atoms with Crippen LogP contribution in [0.2, 0.25) is 0 Å². The van der Waals surface area contributed by atoms with Gasteiger partial charge in [-0.1, -0.05) is 24.3 Å². The van der Waals surface area contributed by atoms with Crippen LogP contribution in [-0.2, 0) is 10.0 Å². The molecule has 19 heavy (non-hydrogen) atoms. The molecule has 0 aliphatic heterocycles. The topological polar surface area (TPSA) is 113 Å². The summed E-state index contributed by atoms with van der Waals surface area (Å²) in [6.07, 6.45) is -1.74. The van der Waals surface area contributed by atoms with Crippen LogP contribution in [0.3, 0.4) is 0 Å². The van der Waals surface area contributed by atoms with Gasteiger partial charge >= 0.3 is 0 Å². The van der Waals surface area contributed by atoms with Gasteiger partial charge in [0.2, 0.25) is 10.0 Å². The van der Waals surface area contributed by atoms with E-state index in [1.165, 1.54) is 6.07 Å². The van der Waals surface area contributed by atoms with E-state index in [2.05, 4.69) is 4.72 Å². The number of benzene rings is 2. The molecule has 0 atom stereocenters. The number of sulfonamides is 1. The molecule has 0 aliphatic carbocycles. The fraction of sp³-hybridized carbons (Fsp3) is 0.167. The van der Waals surface area contributed by atoms with E-state index in [1.807, 2.05) is 0 Å². The molecule has 2 rings (SSSR count). The van der Waals surface area contributed by atoms with E-state index < -0.39 is 22.9 Å². The number of nitrogen functional groups attached to an aromatic ring is 1. The summed E-state index contributed by atoms with van der Waals surface area (Å²) in [5.74, 6) is 0. The van der Waals surface area contributed by atoms with Crippen molar-refractivity contribution in [3.63, 3.8) is 0 Å². The zero-order valence-corrected chi connectivity index (χ0v) is 10.8. The van der Waals surface area contributed by atoms with Gasteiger partial charge < -0.3 is 15.9 Å². The average molecular weight is 282 g/mol. The van der Waals surface area contributed by atoms with Gasteiger partial charge in [-0.3, -0.25) is 0 Å². The molecule has 0 fully saturated rings. The Balaban J connectivity index is 2.54. The molecule has 0 aliphatic rings. The monoisotopic (exact) mass is 282 g/mol. The Labute approximate surface area is 110 Å². The molecule has 0 saturated carbocycles. The van der Waals surface area contributed by atoms with Gasteiger partial charge in [0.05, 0.1) is 11.4 Å². The summed E-state index contributed by atoms with van der Waals surface area (Å²) in [6, 6.07) is 9.75. The lowest BCUT2D eigenvalue weighted by Gasteiger charge is -2.11. The second-order valence-corrected chi connectivity index (χ2v) is 5.77. The van der Waals surface area contributed by atoms with Crippen LogP contribution in [-0.4, -0.2) is 31.5 Å². The minimum atomic E-state index is -3.82. The molecule has 0 unspecified atom stereocenters. The van der Waals surface area contributed by atoms with E-state index in [1.54, 1.807) is 30.3 Å². The van der Waals surface area contributed by atoms with Gasteiger partial charge in [-0.2, -0.15) is 0 Å². The Kier molecular flexibility index (Phi) is 3.72. The summed E-state index contributed by atoms with van der Waals surface area (Å²) in [7, 11) is -3.82. The number of rotatable bonds is 4. The number of hydrogen-bond donors (Lipinski definition) is 4. The molecule has 102 valence electrons. The lowest BCUT2D eigenvalue weighted by Crippen LogP contribution is -2.32. The number of nitrogens with one attached hydrogen (secondary N) is 1. The minimum Gasteiger partial charge on any atom is -0.398 e. The van der Waals surface area contributed by atoms with Crippen LogP contribution in [0.15, 0.2) is 41.3 Å². The standard InChI is InChI=1S/C12H14N2O4S/c13-10-5-1-4-9-8(10)3-2-6-11(9)19(17,18)14-7-12(15)16/h1-6,12,14-16H,7,13H2. The highest BCUT2D eigenvalue weighted by Crippen LogP contribution is 2.26. The highest BCUT2D eigenvalue weighted by atomic mass is 32.2. The predicted molar refractivity (Wildman–Crippen MR) is 71.8 cm³/mol. The third kappa shape index (κ3) is 2.85. The first-order valence-electron chi connectivity index (χ1n) is 5.55. The Bertz CT molecular complexity index is 698. The Morgan fingerprint density at radius 3 is 2.42 bits per heavy atom. The van der Waals surface area contributed by atoms with E-state index >= 15 is 0 Å². The molecule has 5 N–H and O–H groups in total. The Morgan fingerprint density at radius 2 is 1.74 bits per heavy atom. The molecule has 7 heteroatoms. The van der Waals surface area contributed by atoms with Crippen molar-refractivity contribution < 1.29 is 18.6 Å². The maximum atomic E-state index is 12.1. The molecule has 0 amide bonds. The van der Waals surface area contributed by atoms with Gasteiger partial charge in [-0.25, -0.2) is 13.1 Å². The van der Waals surface area contributed by atoms with Crippen LogP contribution in [0.5, 0.6) is 0 Å². The van der Waals surface area contributed by atoms with Crippen LogP contribution in [0.25, 0.3) is 10.8 Å². The molecule has 2 aromatic rings. The van der Waals surface area contributed by atoms with Gasteiger partial charge in [-0.05, 0) is 12.1 Å². The minimum absolute atomic E-state index is 0.0537. The molecule has 0 heterocycles. The first-order chi connectivity index (χ1) is 8.92. The molecule has 0 spiro atoms. The van der Waals surface area contributed by atoms with Crippen molar-refractivity contribution in [1.29, 1.82) is 0 Å². The van der Waals surface area contributed by atoms with Crippen molar-refractivity contribution in [2.75, 3.05) is 12.3 Å². The van der Waals surface area contributed by atoms with E-state index in [4.69, 9.17) is 15.9 Å². The fourth-order valence-electron chi connectivity index (χ4n) is 1.80. The number of anilines is 1. The van der Waals surface area contributed by atoms with Crippen molar-refractivity contribution in [2.45, 2.75) is 11.2 Å². The van der Waals surface area contributed by atoms with E-state index in [9.17, 15) is 8.42 Å². The number of nitrogens with two attached hydrogens (primary N) is 1. The van der Waals surface area contributed by atoms with Crippen molar-refractivity contribution >= 4 is 26.5 Å². The SMILES string of the molecule is Nc1cccc2c(S(=O)(=O)NCC(O)O)cccc12. The molecule has 0 bridgehead atoms. The molecular weight excluding hydrogens is 268 g/mol. The number of fused-ring (bicyclic) bond motifs is 1. The molecule has 6 nitrogen and oxygen atoms in total. The third-order valence-electron chi connectivity index (χ3n) is 2.66. The van der Waals surface area contributed by atoms with Gasteiger partial charge in [0.25, 0.3) is 0 Å². The predicted octanol–water partition coefficient (Wildman–Crippen LogP) is 0.0110. The summed E-state index contributed by atoms with van der Waals surface area (Å²) in [5, 5.41) is 18.6. The highest BCUT2D eigenvalue weighted by molar-refractivity contribution is 7.89. The van der Waals surface area contributed by atoms with Crippen molar-refractivity contribution in [3.05, 3.63) is 36.4 Å². The second kappa shape index (κ2) is 5.14. The summed E-state index contributed by atoms with van der Waals surface area (Å²) < 4.78 is 26.3. The maximum absolute atomic E-state index is 12.1. The summed E-state index contributed by atoms with van der Waals surface area (Å²) in [4.78, 5) is 0.0537. The van der Waals surface area contributed by atoms with Crippen molar-refractivity contribution in [1.82, 2.24) is 4.72 Å². The van der Waals surface area contributed by atoms with Crippen LogP contribution < -0.4 is 10.5 Å². The number of aliphatic hydroxyl groups is 2. The molecule has 0 radical (unpaired) electrons. The molecule has 0 saturated heterocycles. The van der Waals surface area contributed by atoms with Gasteiger partial charge in [0.15, 0.2) is 6.29 Å². The smallest absolute Gasteiger partial charge is 0.241 e.